The van der Waals surface area contributed by atoms with Gasteiger partial charge in [-0.25, -0.2) is 4.39 Å². The van der Waals surface area contributed by atoms with Crippen molar-refractivity contribution in [3.05, 3.63) is 29.0 Å². The first-order valence-electron chi connectivity index (χ1n) is 5.45. The van der Waals surface area contributed by atoms with Gasteiger partial charge in [0.05, 0.1) is 16.8 Å². The Bertz CT molecular complexity index is 469. The minimum absolute atomic E-state index is 0.345. The number of pyridine rings is 1. The maximum Gasteiger partial charge on any atom is 0.141 e. The van der Waals surface area contributed by atoms with Crippen molar-refractivity contribution in [2.45, 2.75) is 19.9 Å². The number of nitrogens with one attached hydrogen (secondary N) is 1. The molecule has 0 radical (unpaired) electrons. The Hall–Kier alpha value is -1.40. The first kappa shape index (κ1) is 12.1. The monoisotopic (exact) mass is 252 g/mol. The fourth-order valence-corrected chi connectivity index (χ4v) is 2.03. The number of hydrogen-bond acceptors (Lipinski definition) is 5. The molecule has 2 aromatic rings. The smallest absolute Gasteiger partial charge is 0.141 e. The van der Waals surface area contributed by atoms with Crippen LogP contribution in [0.3, 0.4) is 0 Å². The van der Waals surface area contributed by atoms with Crippen LogP contribution >= 0.6 is 11.5 Å². The third-order valence-corrected chi connectivity index (χ3v) is 2.96. The molecule has 90 valence electrons. The van der Waals surface area contributed by atoms with Crippen molar-refractivity contribution >= 4 is 11.5 Å². The summed E-state index contributed by atoms with van der Waals surface area (Å²) in [4.78, 5) is 5.04. The first-order valence-corrected chi connectivity index (χ1v) is 6.22. The third kappa shape index (κ3) is 3.04. The average molecular weight is 252 g/mol. The summed E-state index contributed by atoms with van der Waals surface area (Å²) in [6.45, 7) is 3.79. The zero-order valence-electron chi connectivity index (χ0n) is 9.48. The van der Waals surface area contributed by atoms with Gasteiger partial charge in [0.2, 0.25) is 0 Å². The standard InChI is InChI=1S/C11H13FN4S/c1-2-5-13-7-10-11(15-16-17-10)9-4-3-8(12)6-14-9/h3-4,6,13H,2,5,7H2,1H3. The van der Waals surface area contributed by atoms with Crippen molar-refractivity contribution < 1.29 is 4.39 Å². The van der Waals surface area contributed by atoms with E-state index in [1.54, 1.807) is 6.07 Å². The maximum absolute atomic E-state index is 12.8. The summed E-state index contributed by atoms with van der Waals surface area (Å²) < 4.78 is 16.7. The number of hydrogen-bond donors (Lipinski definition) is 1. The lowest BCUT2D eigenvalue weighted by Gasteiger charge is -2.02. The largest absolute Gasteiger partial charge is 0.312 e. The van der Waals surface area contributed by atoms with Crippen LogP contribution in [0.4, 0.5) is 4.39 Å². The predicted octanol–water partition coefficient (Wildman–Crippen LogP) is 2.24. The second kappa shape index (κ2) is 5.79. The summed E-state index contributed by atoms with van der Waals surface area (Å²) >= 11 is 1.34. The van der Waals surface area contributed by atoms with Gasteiger partial charge in [0.1, 0.15) is 11.5 Å². The molecule has 0 fully saturated rings. The summed E-state index contributed by atoms with van der Waals surface area (Å²) in [5.74, 6) is -0.345. The Kier molecular flexibility index (Phi) is 4.11. The first-order chi connectivity index (χ1) is 8.31. The van der Waals surface area contributed by atoms with Crippen molar-refractivity contribution in [1.82, 2.24) is 19.9 Å². The van der Waals surface area contributed by atoms with Crippen LogP contribution in [0, 0.1) is 5.82 Å². The second-order valence-electron chi connectivity index (χ2n) is 3.58. The van der Waals surface area contributed by atoms with Crippen LogP contribution < -0.4 is 5.32 Å². The van der Waals surface area contributed by atoms with E-state index in [4.69, 9.17) is 0 Å². The molecule has 0 unspecified atom stereocenters. The molecular weight excluding hydrogens is 239 g/mol. The minimum Gasteiger partial charge on any atom is -0.312 e. The van der Waals surface area contributed by atoms with Crippen molar-refractivity contribution in [3.63, 3.8) is 0 Å². The number of aromatic nitrogens is 3. The van der Waals surface area contributed by atoms with Crippen LogP contribution in [0.2, 0.25) is 0 Å². The molecule has 0 aliphatic heterocycles. The van der Waals surface area contributed by atoms with Crippen LogP contribution in [-0.4, -0.2) is 21.1 Å². The Labute approximate surface area is 103 Å². The van der Waals surface area contributed by atoms with Crippen LogP contribution in [0.15, 0.2) is 18.3 Å². The van der Waals surface area contributed by atoms with Gasteiger partial charge in [-0.1, -0.05) is 11.4 Å². The van der Waals surface area contributed by atoms with Crippen LogP contribution in [0.5, 0.6) is 0 Å². The number of nitrogens with zero attached hydrogens (tertiary/aromatic N) is 3. The zero-order chi connectivity index (χ0) is 12.1. The Morgan fingerprint density at radius 1 is 1.41 bits per heavy atom. The topological polar surface area (TPSA) is 50.7 Å². The van der Waals surface area contributed by atoms with E-state index in [1.165, 1.54) is 23.8 Å². The van der Waals surface area contributed by atoms with Gasteiger partial charge in [0, 0.05) is 6.54 Å². The fourth-order valence-electron chi connectivity index (χ4n) is 1.41. The molecular formula is C11H13FN4S. The lowest BCUT2D eigenvalue weighted by molar-refractivity contribution is 0.621. The third-order valence-electron chi connectivity index (χ3n) is 2.24. The molecule has 0 saturated carbocycles. The molecule has 4 nitrogen and oxygen atoms in total. The van der Waals surface area contributed by atoms with Gasteiger partial charge in [-0.15, -0.1) is 5.10 Å². The van der Waals surface area contributed by atoms with E-state index in [2.05, 4.69) is 26.8 Å². The fraction of sp³-hybridized carbons (Fsp3) is 0.364. The average Bonchev–Trinajstić information content (AvgIpc) is 2.79. The van der Waals surface area contributed by atoms with Gasteiger partial charge in [0.25, 0.3) is 0 Å². The van der Waals surface area contributed by atoms with Crippen LogP contribution in [0.25, 0.3) is 11.4 Å². The highest BCUT2D eigenvalue weighted by Crippen LogP contribution is 2.21. The van der Waals surface area contributed by atoms with Gasteiger partial charge in [0.15, 0.2) is 0 Å². The molecule has 0 amide bonds. The molecule has 0 spiro atoms. The van der Waals surface area contributed by atoms with Gasteiger partial charge in [-0.05, 0) is 36.6 Å². The molecule has 2 heterocycles. The van der Waals surface area contributed by atoms with E-state index >= 15 is 0 Å². The van der Waals surface area contributed by atoms with Gasteiger partial charge in [-0.3, -0.25) is 4.98 Å². The highest BCUT2D eigenvalue weighted by atomic mass is 32.1. The molecule has 6 heteroatoms. The molecule has 0 aliphatic rings. The molecule has 2 aromatic heterocycles. The van der Waals surface area contributed by atoms with E-state index in [-0.39, 0.29) is 5.82 Å². The molecule has 0 aromatic carbocycles. The molecule has 0 aliphatic carbocycles. The van der Waals surface area contributed by atoms with E-state index < -0.39 is 0 Å². The van der Waals surface area contributed by atoms with Crippen molar-refractivity contribution in [3.8, 4) is 11.4 Å². The van der Waals surface area contributed by atoms with E-state index in [0.717, 1.165) is 30.1 Å². The molecule has 1 N–H and O–H groups in total. The summed E-state index contributed by atoms with van der Waals surface area (Å²) in [7, 11) is 0. The summed E-state index contributed by atoms with van der Waals surface area (Å²) in [5, 5.41) is 7.33. The van der Waals surface area contributed by atoms with E-state index in [0.29, 0.717) is 5.69 Å². The van der Waals surface area contributed by atoms with E-state index in [1.807, 2.05) is 0 Å². The van der Waals surface area contributed by atoms with Crippen molar-refractivity contribution in [2.24, 2.45) is 0 Å². The molecule has 2 rings (SSSR count). The summed E-state index contributed by atoms with van der Waals surface area (Å²) in [6, 6.07) is 3.00. The number of rotatable bonds is 5. The van der Waals surface area contributed by atoms with Crippen molar-refractivity contribution in [2.75, 3.05) is 6.54 Å². The Morgan fingerprint density at radius 2 is 2.29 bits per heavy atom. The number of halogens is 1. The lowest BCUT2D eigenvalue weighted by atomic mass is 10.2. The SMILES string of the molecule is CCCNCc1snnc1-c1ccc(F)cn1. The summed E-state index contributed by atoms with van der Waals surface area (Å²) in [6.07, 6.45) is 2.27. The Morgan fingerprint density at radius 3 is 3.00 bits per heavy atom. The van der Waals surface area contributed by atoms with E-state index in [9.17, 15) is 4.39 Å². The highest BCUT2D eigenvalue weighted by molar-refractivity contribution is 7.05. The highest BCUT2D eigenvalue weighted by Gasteiger charge is 2.11. The van der Waals surface area contributed by atoms with Gasteiger partial charge < -0.3 is 5.32 Å². The predicted molar refractivity (Wildman–Crippen MR) is 65.1 cm³/mol. The van der Waals surface area contributed by atoms with Crippen LogP contribution in [0.1, 0.15) is 18.2 Å². The molecule has 0 saturated heterocycles. The quantitative estimate of drug-likeness (QED) is 0.829. The molecule has 0 bridgehead atoms. The summed E-state index contributed by atoms with van der Waals surface area (Å²) in [5.41, 5.74) is 1.40. The van der Waals surface area contributed by atoms with Gasteiger partial charge >= 0.3 is 0 Å². The minimum atomic E-state index is -0.345. The van der Waals surface area contributed by atoms with Crippen LogP contribution in [-0.2, 0) is 6.54 Å². The second-order valence-corrected chi connectivity index (χ2v) is 4.42. The van der Waals surface area contributed by atoms with Crippen molar-refractivity contribution in [1.29, 1.82) is 0 Å². The Balaban J connectivity index is 2.15. The molecule has 17 heavy (non-hydrogen) atoms. The van der Waals surface area contributed by atoms with Gasteiger partial charge in [-0.2, -0.15) is 0 Å². The maximum atomic E-state index is 12.8. The zero-order valence-corrected chi connectivity index (χ0v) is 10.3. The lowest BCUT2D eigenvalue weighted by Crippen LogP contribution is -2.13. The normalized spacial score (nSPS) is 10.7. The molecule has 0 atom stereocenters.